The van der Waals surface area contributed by atoms with Crippen LogP contribution < -0.4 is 15.0 Å². The Morgan fingerprint density at radius 1 is 1.32 bits per heavy atom. The van der Waals surface area contributed by atoms with E-state index < -0.39 is 0 Å². The minimum Gasteiger partial charge on any atom is -0.493 e. The number of rotatable bonds is 4. The molecule has 0 atom stereocenters. The molecule has 1 aromatic rings. The largest absolute Gasteiger partial charge is 0.493 e. The number of fused-ring (bicyclic) bond motifs is 1. The molecule has 19 heavy (non-hydrogen) atoms. The predicted octanol–water partition coefficient (Wildman–Crippen LogP) is 0.963. The number of piperazine rings is 1. The van der Waals surface area contributed by atoms with Gasteiger partial charge in [-0.1, -0.05) is 0 Å². The SMILES string of the molecule is CN(CCN1CCNCC1)c1ccc2c(c1)CCO2. The van der Waals surface area contributed by atoms with Gasteiger partial charge >= 0.3 is 0 Å². The summed E-state index contributed by atoms with van der Waals surface area (Å²) in [5.74, 6) is 1.07. The summed E-state index contributed by atoms with van der Waals surface area (Å²) in [5, 5.41) is 3.39. The smallest absolute Gasteiger partial charge is 0.122 e. The highest BCUT2D eigenvalue weighted by Crippen LogP contribution is 2.29. The quantitative estimate of drug-likeness (QED) is 0.874. The molecule has 1 fully saturated rings. The van der Waals surface area contributed by atoms with E-state index in [0.29, 0.717) is 0 Å². The van der Waals surface area contributed by atoms with Crippen LogP contribution >= 0.6 is 0 Å². The molecule has 0 saturated carbocycles. The van der Waals surface area contributed by atoms with Gasteiger partial charge in [0.15, 0.2) is 0 Å². The second-order valence-corrected chi connectivity index (χ2v) is 5.40. The molecule has 0 bridgehead atoms. The van der Waals surface area contributed by atoms with Crippen LogP contribution in [0.4, 0.5) is 5.69 Å². The maximum Gasteiger partial charge on any atom is 0.122 e. The summed E-state index contributed by atoms with van der Waals surface area (Å²) in [7, 11) is 2.18. The highest BCUT2D eigenvalue weighted by molar-refractivity contribution is 5.53. The molecule has 2 aliphatic heterocycles. The van der Waals surface area contributed by atoms with Gasteiger partial charge in [0.05, 0.1) is 6.61 Å². The topological polar surface area (TPSA) is 27.7 Å². The number of benzene rings is 1. The van der Waals surface area contributed by atoms with E-state index in [4.69, 9.17) is 4.74 Å². The molecule has 2 heterocycles. The Bertz CT molecular complexity index is 429. The van der Waals surface area contributed by atoms with Crippen molar-refractivity contribution in [2.24, 2.45) is 0 Å². The van der Waals surface area contributed by atoms with Gasteiger partial charge < -0.3 is 15.0 Å². The fourth-order valence-corrected chi connectivity index (χ4v) is 2.77. The summed E-state index contributed by atoms with van der Waals surface area (Å²) >= 11 is 0. The highest BCUT2D eigenvalue weighted by atomic mass is 16.5. The van der Waals surface area contributed by atoms with Crippen molar-refractivity contribution in [3.05, 3.63) is 23.8 Å². The Balaban J connectivity index is 1.56. The van der Waals surface area contributed by atoms with Crippen LogP contribution in [0.1, 0.15) is 5.56 Å². The number of anilines is 1. The van der Waals surface area contributed by atoms with E-state index in [2.05, 4.69) is 40.4 Å². The molecule has 104 valence electrons. The van der Waals surface area contributed by atoms with Gasteiger partial charge in [-0.05, 0) is 23.8 Å². The lowest BCUT2D eigenvalue weighted by atomic mass is 10.1. The van der Waals surface area contributed by atoms with Gasteiger partial charge in [0, 0.05) is 58.4 Å². The van der Waals surface area contributed by atoms with Crippen molar-refractivity contribution in [1.82, 2.24) is 10.2 Å². The molecule has 4 heteroatoms. The summed E-state index contributed by atoms with van der Waals surface area (Å²) in [6.07, 6.45) is 1.05. The first-order valence-electron chi connectivity index (χ1n) is 7.23. The van der Waals surface area contributed by atoms with Gasteiger partial charge in [0.2, 0.25) is 0 Å². The number of hydrogen-bond acceptors (Lipinski definition) is 4. The van der Waals surface area contributed by atoms with Crippen molar-refractivity contribution in [3.8, 4) is 5.75 Å². The van der Waals surface area contributed by atoms with Gasteiger partial charge in [0.1, 0.15) is 5.75 Å². The van der Waals surface area contributed by atoms with Crippen molar-refractivity contribution >= 4 is 5.69 Å². The third-order valence-corrected chi connectivity index (χ3v) is 4.08. The molecular formula is C15H23N3O. The Morgan fingerprint density at radius 3 is 3.00 bits per heavy atom. The minimum absolute atomic E-state index is 0.837. The second-order valence-electron chi connectivity index (χ2n) is 5.40. The zero-order valence-corrected chi connectivity index (χ0v) is 11.7. The third-order valence-electron chi connectivity index (χ3n) is 4.08. The number of ether oxygens (including phenoxy) is 1. The lowest BCUT2D eigenvalue weighted by Crippen LogP contribution is -2.46. The fourth-order valence-electron chi connectivity index (χ4n) is 2.77. The minimum atomic E-state index is 0.837. The van der Waals surface area contributed by atoms with Gasteiger partial charge in [-0.3, -0.25) is 4.90 Å². The van der Waals surface area contributed by atoms with E-state index >= 15 is 0 Å². The van der Waals surface area contributed by atoms with E-state index in [9.17, 15) is 0 Å². The molecule has 0 radical (unpaired) electrons. The zero-order chi connectivity index (χ0) is 13.1. The van der Waals surface area contributed by atoms with Crippen molar-refractivity contribution in [2.75, 3.05) is 57.8 Å². The fraction of sp³-hybridized carbons (Fsp3) is 0.600. The van der Waals surface area contributed by atoms with E-state index in [1.165, 1.54) is 24.3 Å². The third kappa shape index (κ3) is 3.01. The van der Waals surface area contributed by atoms with Crippen LogP contribution in [0.25, 0.3) is 0 Å². The first-order valence-corrected chi connectivity index (χ1v) is 7.23. The predicted molar refractivity (Wildman–Crippen MR) is 78.2 cm³/mol. The molecule has 1 saturated heterocycles. The number of nitrogens with one attached hydrogen (secondary N) is 1. The summed E-state index contributed by atoms with van der Waals surface area (Å²) in [4.78, 5) is 4.88. The van der Waals surface area contributed by atoms with Crippen molar-refractivity contribution < 1.29 is 4.74 Å². The van der Waals surface area contributed by atoms with Gasteiger partial charge in [0.25, 0.3) is 0 Å². The number of likely N-dealkylation sites (N-methyl/N-ethyl adjacent to an activating group) is 1. The highest BCUT2D eigenvalue weighted by Gasteiger charge is 2.14. The Morgan fingerprint density at radius 2 is 2.16 bits per heavy atom. The number of hydrogen-bond donors (Lipinski definition) is 1. The van der Waals surface area contributed by atoms with E-state index in [0.717, 1.165) is 45.0 Å². The molecule has 0 spiro atoms. The van der Waals surface area contributed by atoms with Crippen LogP contribution in [0.2, 0.25) is 0 Å². The Labute approximate surface area is 115 Å². The van der Waals surface area contributed by atoms with Crippen LogP contribution in [0.15, 0.2) is 18.2 Å². The van der Waals surface area contributed by atoms with Crippen molar-refractivity contribution in [2.45, 2.75) is 6.42 Å². The summed E-state index contributed by atoms with van der Waals surface area (Å²) in [6.45, 7) is 7.66. The maximum absolute atomic E-state index is 5.55. The lowest BCUT2D eigenvalue weighted by Gasteiger charge is -2.29. The molecule has 3 rings (SSSR count). The average molecular weight is 261 g/mol. The molecule has 4 nitrogen and oxygen atoms in total. The zero-order valence-electron chi connectivity index (χ0n) is 11.7. The molecule has 0 aliphatic carbocycles. The van der Waals surface area contributed by atoms with E-state index in [1.54, 1.807) is 0 Å². The molecule has 1 N–H and O–H groups in total. The monoisotopic (exact) mass is 261 g/mol. The second kappa shape index (κ2) is 5.80. The summed E-state index contributed by atoms with van der Waals surface area (Å²) in [6, 6.07) is 6.56. The molecule has 0 aromatic heterocycles. The average Bonchev–Trinajstić information content (AvgIpc) is 2.93. The van der Waals surface area contributed by atoms with E-state index in [-0.39, 0.29) is 0 Å². The number of nitrogens with zero attached hydrogens (tertiary/aromatic N) is 2. The summed E-state index contributed by atoms with van der Waals surface area (Å²) in [5.41, 5.74) is 2.66. The molecule has 1 aromatic carbocycles. The van der Waals surface area contributed by atoms with Crippen LogP contribution in [-0.4, -0.2) is 57.8 Å². The van der Waals surface area contributed by atoms with Crippen LogP contribution in [-0.2, 0) is 6.42 Å². The maximum atomic E-state index is 5.55. The summed E-state index contributed by atoms with van der Waals surface area (Å²) < 4.78 is 5.55. The van der Waals surface area contributed by atoms with E-state index in [1.807, 2.05) is 0 Å². The Kier molecular flexibility index (Phi) is 3.89. The van der Waals surface area contributed by atoms with Gasteiger partial charge in [-0.25, -0.2) is 0 Å². The normalized spacial score (nSPS) is 19.0. The van der Waals surface area contributed by atoms with Crippen LogP contribution in [0, 0.1) is 0 Å². The van der Waals surface area contributed by atoms with Crippen molar-refractivity contribution in [1.29, 1.82) is 0 Å². The first-order chi connectivity index (χ1) is 9.33. The van der Waals surface area contributed by atoms with Crippen molar-refractivity contribution in [3.63, 3.8) is 0 Å². The molecule has 2 aliphatic rings. The van der Waals surface area contributed by atoms with Gasteiger partial charge in [-0.2, -0.15) is 0 Å². The van der Waals surface area contributed by atoms with Gasteiger partial charge in [-0.15, -0.1) is 0 Å². The molecular weight excluding hydrogens is 238 g/mol. The van der Waals surface area contributed by atoms with Crippen LogP contribution in [0.3, 0.4) is 0 Å². The Hall–Kier alpha value is -1.26. The molecule has 0 unspecified atom stereocenters. The molecule has 0 amide bonds. The standard InChI is InChI=1S/C15H23N3O/c1-17(9-10-18-7-5-16-6-8-18)14-2-3-15-13(12-14)4-11-19-15/h2-3,12,16H,4-11H2,1H3. The van der Waals surface area contributed by atoms with Crippen LogP contribution in [0.5, 0.6) is 5.75 Å². The first kappa shape index (κ1) is 12.8. The lowest BCUT2D eigenvalue weighted by molar-refractivity contribution is 0.246.